The van der Waals surface area contributed by atoms with E-state index in [0.29, 0.717) is 43.3 Å². The van der Waals surface area contributed by atoms with Crippen LogP contribution >= 0.6 is 11.6 Å². The maximum atomic E-state index is 14.0. The van der Waals surface area contributed by atoms with Crippen molar-refractivity contribution in [2.45, 2.75) is 25.6 Å². The number of carbonyl (C=O) groups excluding carboxylic acids is 1. The summed E-state index contributed by atoms with van der Waals surface area (Å²) in [5.74, 6) is -0.978. The summed E-state index contributed by atoms with van der Waals surface area (Å²) in [5.41, 5.74) is 1.38. The van der Waals surface area contributed by atoms with Crippen LogP contribution in [0.25, 0.3) is 0 Å². The van der Waals surface area contributed by atoms with Gasteiger partial charge in [0.05, 0.1) is 23.5 Å². The Hall–Kier alpha value is -1.96. The number of carbonyl (C=O) groups is 1. The standard InChI is InChI=1S/C18H22ClFN4O2/c1-22(2)11-17(25)16-9-13-10-23(6-3-7-24(13)21-16)18(26)14-8-12(19)4-5-15(14)20/h4-5,8-9,17,25H,3,6-7,10-11H2,1-2H3/t17-/m1/s1. The molecule has 1 amide bonds. The number of rotatable bonds is 4. The Bertz CT molecular complexity index is 808. The molecule has 0 saturated heterocycles. The summed E-state index contributed by atoms with van der Waals surface area (Å²) in [6.07, 6.45) is 0.00480. The predicted octanol–water partition coefficient (Wildman–Crippen LogP) is 2.32. The number of hydrogen-bond acceptors (Lipinski definition) is 4. The van der Waals surface area contributed by atoms with Crippen molar-refractivity contribution in [1.29, 1.82) is 0 Å². The average Bonchev–Trinajstić information content (AvgIpc) is 2.88. The van der Waals surface area contributed by atoms with Crippen molar-refractivity contribution >= 4 is 17.5 Å². The van der Waals surface area contributed by atoms with E-state index >= 15 is 0 Å². The Kier molecular flexibility index (Phi) is 5.60. The number of aliphatic hydroxyl groups is 1. The Labute approximate surface area is 156 Å². The molecule has 0 spiro atoms. The third-order valence-electron chi connectivity index (χ3n) is 4.36. The fourth-order valence-electron chi connectivity index (χ4n) is 3.09. The smallest absolute Gasteiger partial charge is 0.257 e. The number of benzene rings is 1. The highest BCUT2D eigenvalue weighted by molar-refractivity contribution is 6.31. The molecular weight excluding hydrogens is 359 g/mol. The lowest BCUT2D eigenvalue weighted by Crippen LogP contribution is -2.31. The van der Waals surface area contributed by atoms with Crippen LogP contribution in [0.4, 0.5) is 4.39 Å². The summed E-state index contributed by atoms with van der Waals surface area (Å²) in [7, 11) is 3.76. The molecule has 1 atom stereocenters. The average molecular weight is 381 g/mol. The Balaban J connectivity index is 1.82. The molecular formula is C18H22ClFN4O2. The van der Waals surface area contributed by atoms with E-state index in [-0.39, 0.29) is 5.56 Å². The minimum absolute atomic E-state index is 0.0293. The summed E-state index contributed by atoms with van der Waals surface area (Å²) >= 11 is 5.91. The number of amides is 1. The third kappa shape index (κ3) is 4.06. The molecule has 0 aliphatic carbocycles. The maximum absolute atomic E-state index is 14.0. The largest absolute Gasteiger partial charge is 0.385 e. The lowest BCUT2D eigenvalue weighted by atomic mass is 10.1. The minimum atomic E-state index is -0.695. The van der Waals surface area contributed by atoms with Gasteiger partial charge in [0.25, 0.3) is 5.91 Å². The lowest BCUT2D eigenvalue weighted by Gasteiger charge is -2.20. The summed E-state index contributed by atoms with van der Waals surface area (Å²) in [6.45, 7) is 1.93. The van der Waals surface area contributed by atoms with Gasteiger partial charge in [0, 0.05) is 24.7 Å². The van der Waals surface area contributed by atoms with Crippen LogP contribution in [0.1, 0.15) is 34.3 Å². The summed E-state index contributed by atoms with van der Waals surface area (Å²) in [6, 6.07) is 5.79. The van der Waals surface area contributed by atoms with Crippen molar-refractivity contribution in [3.8, 4) is 0 Å². The van der Waals surface area contributed by atoms with Crippen LogP contribution in [0, 0.1) is 5.82 Å². The van der Waals surface area contributed by atoms with E-state index in [2.05, 4.69) is 5.10 Å². The first-order valence-corrected chi connectivity index (χ1v) is 8.86. The van der Waals surface area contributed by atoms with Crippen molar-refractivity contribution in [2.24, 2.45) is 0 Å². The van der Waals surface area contributed by atoms with Gasteiger partial charge in [0.1, 0.15) is 11.9 Å². The fraction of sp³-hybridized carbons (Fsp3) is 0.444. The molecule has 140 valence electrons. The topological polar surface area (TPSA) is 61.6 Å². The second-order valence-corrected chi connectivity index (χ2v) is 7.20. The van der Waals surface area contributed by atoms with Gasteiger partial charge in [0.15, 0.2) is 0 Å². The normalized spacial score (nSPS) is 15.7. The molecule has 2 heterocycles. The third-order valence-corrected chi connectivity index (χ3v) is 4.59. The van der Waals surface area contributed by atoms with Gasteiger partial charge >= 0.3 is 0 Å². The molecule has 8 heteroatoms. The molecule has 1 aromatic heterocycles. The van der Waals surface area contributed by atoms with Crippen LogP contribution in [0.5, 0.6) is 0 Å². The monoisotopic (exact) mass is 380 g/mol. The molecule has 1 aliphatic rings. The Morgan fingerprint density at radius 3 is 2.88 bits per heavy atom. The number of likely N-dealkylation sites (N-methyl/N-ethyl adjacent to an activating group) is 1. The van der Waals surface area contributed by atoms with Gasteiger partial charge in [-0.2, -0.15) is 5.10 Å². The van der Waals surface area contributed by atoms with Gasteiger partial charge in [-0.1, -0.05) is 11.6 Å². The van der Waals surface area contributed by atoms with Crippen LogP contribution < -0.4 is 0 Å². The van der Waals surface area contributed by atoms with Crippen molar-refractivity contribution in [2.75, 3.05) is 27.2 Å². The minimum Gasteiger partial charge on any atom is -0.385 e. The number of halogens is 2. The quantitative estimate of drug-likeness (QED) is 0.884. The molecule has 26 heavy (non-hydrogen) atoms. The van der Waals surface area contributed by atoms with E-state index in [1.807, 2.05) is 29.7 Å². The van der Waals surface area contributed by atoms with Gasteiger partial charge < -0.3 is 14.9 Å². The van der Waals surface area contributed by atoms with Crippen LogP contribution in [-0.4, -0.2) is 57.8 Å². The van der Waals surface area contributed by atoms with Crippen LogP contribution in [0.15, 0.2) is 24.3 Å². The Morgan fingerprint density at radius 2 is 2.15 bits per heavy atom. The molecule has 1 aromatic carbocycles. The van der Waals surface area contributed by atoms with E-state index < -0.39 is 17.8 Å². The van der Waals surface area contributed by atoms with Crippen LogP contribution in [-0.2, 0) is 13.1 Å². The van der Waals surface area contributed by atoms with Crippen molar-refractivity contribution < 1.29 is 14.3 Å². The Morgan fingerprint density at radius 1 is 1.38 bits per heavy atom. The summed E-state index contributed by atoms with van der Waals surface area (Å²) in [4.78, 5) is 16.2. The van der Waals surface area contributed by atoms with Gasteiger partial charge in [-0.3, -0.25) is 9.48 Å². The first kappa shape index (κ1) is 18.8. The molecule has 6 nitrogen and oxygen atoms in total. The van der Waals surface area contributed by atoms with Gasteiger partial charge in [-0.15, -0.1) is 0 Å². The predicted molar refractivity (Wildman–Crippen MR) is 96.5 cm³/mol. The van der Waals surface area contributed by atoms with Gasteiger partial charge in [-0.05, 0) is 44.8 Å². The highest BCUT2D eigenvalue weighted by Gasteiger charge is 2.25. The number of hydrogen-bond donors (Lipinski definition) is 1. The molecule has 0 saturated carbocycles. The second kappa shape index (κ2) is 7.73. The molecule has 3 rings (SSSR count). The molecule has 0 unspecified atom stereocenters. The number of aliphatic hydroxyl groups excluding tert-OH is 1. The first-order valence-electron chi connectivity index (χ1n) is 8.49. The highest BCUT2D eigenvalue weighted by atomic mass is 35.5. The number of nitrogens with zero attached hydrogens (tertiary/aromatic N) is 4. The molecule has 1 aliphatic heterocycles. The van der Waals surface area contributed by atoms with Gasteiger partial charge in [0.2, 0.25) is 0 Å². The molecule has 0 bridgehead atoms. The molecule has 0 radical (unpaired) electrons. The van der Waals surface area contributed by atoms with Crippen LogP contribution in [0.2, 0.25) is 5.02 Å². The highest BCUT2D eigenvalue weighted by Crippen LogP contribution is 2.22. The van der Waals surface area contributed by atoms with E-state index in [1.54, 1.807) is 4.90 Å². The van der Waals surface area contributed by atoms with Crippen molar-refractivity contribution in [1.82, 2.24) is 19.6 Å². The van der Waals surface area contributed by atoms with E-state index in [0.717, 1.165) is 5.69 Å². The number of fused-ring (bicyclic) bond motifs is 1. The van der Waals surface area contributed by atoms with Crippen molar-refractivity contribution in [3.63, 3.8) is 0 Å². The number of aromatic nitrogens is 2. The molecule has 2 aromatic rings. The second-order valence-electron chi connectivity index (χ2n) is 6.77. The maximum Gasteiger partial charge on any atom is 0.257 e. The number of aryl methyl sites for hydroxylation is 1. The lowest BCUT2D eigenvalue weighted by molar-refractivity contribution is 0.0741. The summed E-state index contributed by atoms with van der Waals surface area (Å²) in [5, 5.41) is 15.1. The zero-order valence-corrected chi connectivity index (χ0v) is 15.6. The summed E-state index contributed by atoms with van der Waals surface area (Å²) < 4.78 is 15.9. The molecule has 0 fully saturated rings. The van der Waals surface area contributed by atoms with Gasteiger partial charge in [-0.25, -0.2) is 4.39 Å². The van der Waals surface area contributed by atoms with Crippen LogP contribution in [0.3, 0.4) is 0 Å². The van der Waals surface area contributed by atoms with Crippen molar-refractivity contribution in [3.05, 3.63) is 52.1 Å². The zero-order valence-electron chi connectivity index (χ0n) is 14.8. The van der Waals surface area contributed by atoms with E-state index in [4.69, 9.17) is 11.6 Å². The van der Waals surface area contributed by atoms with E-state index in [9.17, 15) is 14.3 Å². The SMILES string of the molecule is CN(C)C[C@@H](O)c1cc2n(n1)CCCN(C(=O)c1cc(Cl)ccc1F)C2. The van der Waals surface area contributed by atoms with E-state index in [1.165, 1.54) is 18.2 Å². The first-order chi connectivity index (χ1) is 12.3. The zero-order chi connectivity index (χ0) is 18.8. The fourth-order valence-corrected chi connectivity index (χ4v) is 3.26. The molecule has 1 N–H and O–H groups in total.